The van der Waals surface area contributed by atoms with E-state index in [9.17, 15) is 14.4 Å². The number of ether oxygens (including phenoxy) is 1. The zero-order chi connectivity index (χ0) is 24.8. The van der Waals surface area contributed by atoms with E-state index in [-0.39, 0.29) is 0 Å². The monoisotopic (exact) mass is 449 g/mol. The lowest BCUT2D eigenvalue weighted by molar-refractivity contribution is -0.138. The van der Waals surface area contributed by atoms with Gasteiger partial charge < -0.3 is 20.3 Å². The van der Waals surface area contributed by atoms with Gasteiger partial charge in [-0.15, -0.1) is 6.42 Å². The van der Waals surface area contributed by atoms with Gasteiger partial charge >= 0.3 is 6.09 Å². The van der Waals surface area contributed by atoms with Crippen LogP contribution in [0.5, 0.6) is 0 Å². The lowest BCUT2D eigenvalue weighted by Crippen LogP contribution is -2.49. The Bertz CT molecular complexity index is 1050. The van der Waals surface area contributed by atoms with E-state index in [1.807, 2.05) is 25.1 Å². The minimum Gasteiger partial charge on any atom is -0.444 e. The van der Waals surface area contributed by atoms with Crippen LogP contribution in [0.15, 0.2) is 48.5 Å². The number of nitrogens with one attached hydrogen (secondary N) is 2. The van der Waals surface area contributed by atoms with Crippen molar-refractivity contribution >= 4 is 23.6 Å². The average Bonchev–Trinajstić information content (AvgIpc) is 2.74. The van der Waals surface area contributed by atoms with Gasteiger partial charge in [0.1, 0.15) is 17.7 Å². The third-order valence-corrected chi connectivity index (χ3v) is 4.88. The van der Waals surface area contributed by atoms with Crippen molar-refractivity contribution in [3.05, 3.63) is 65.2 Å². The molecular formula is C26H31N3O4. The molecule has 0 fully saturated rings. The molecule has 2 aromatic carbocycles. The van der Waals surface area contributed by atoms with Crippen molar-refractivity contribution in [2.75, 3.05) is 12.4 Å². The highest BCUT2D eigenvalue weighted by atomic mass is 16.6. The number of hydrogen-bond donors (Lipinski definition) is 2. The highest BCUT2D eigenvalue weighted by Gasteiger charge is 2.32. The summed E-state index contributed by atoms with van der Waals surface area (Å²) in [5, 5.41) is 5.43. The van der Waals surface area contributed by atoms with Crippen molar-refractivity contribution in [1.29, 1.82) is 0 Å². The first-order valence-electron chi connectivity index (χ1n) is 10.6. The summed E-state index contributed by atoms with van der Waals surface area (Å²) in [5.41, 5.74) is 2.08. The minimum atomic E-state index is -0.952. The number of anilines is 1. The Morgan fingerprint density at radius 3 is 2.21 bits per heavy atom. The second kappa shape index (κ2) is 10.7. The molecule has 0 radical (unpaired) electrons. The fourth-order valence-electron chi connectivity index (χ4n) is 3.21. The van der Waals surface area contributed by atoms with Crippen molar-refractivity contribution < 1.29 is 19.1 Å². The summed E-state index contributed by atoms with van der Waals surface area (Å²) >= 11 is 0. The lowest BCUT2D eigenvalue weighted by Gasteiger charge is -2.30. The molecule has 2 atom stereocenters. The van der Waals surface area contributed by atoms with Crippen LogP contribution in [0.4, 0.5) is 10.5 Å². The van der Waals surface area contributed by atoms with E-state index >= 15 is 0 Å². The maximum atomic E-state index is 13.3. The summed E-state index contributed by atoms with van der Waals surface area (Å²) in [6.07, 6.45) is 4.73. The number of carbonyl (C=O) groups excluding carboxylic acids is 3. The molecule has 0 aromatic heterocycles. The molecule has 0 aliphatic carbocycles. The molecule has 2 aromatic rings. The Labute approximate surface area is 195 Å². The third kappa shape index (κ3) is 7.11. The minimum absolute atomic E-state index is 0.391. The van der Waals surface area contributed by atoms with Crippen LogP contribution in [0.2, 0.25) is 0 Å². The standard InChI is InChI=1S/C26H31N3O4/c1-8-19-13-15-20(16-14-19)22(23(30)28-21-12-10-9-11-17(21)2)29(7)24(31)18(3)27-25(32)33-26(4,5)6/h1,9-16,18,22H,2-7H3,(H,27,32)(H,28,30). The zero-order valence-electron chi connectivity index (χ0n) is 19.9. The molecule has 2 N–H and O–H groups in total. The molecule has 0 heterocycles. The van der Waals surface area contributed by atoms with Gasteiger partial charge in [0.25, 0.3) is 5.91 Å². The second-order valence-electron chi connectivity index (χ2n) is 8.79. The quantitative estimate of drug-likeness (QED) is 0.652. The number of para-hydroxylation sites is 1. The Hall–Kier alpha value is -3.79. The zero-order valence-corrected chi connectivity index (χ0v) is 19.9. The van der Waals surface area contributed by atoms with Crippen molar-refractivity contribution in [3.63, 3.8) is 0 Å². The summed E-state index contributed by atoms with van der Waals surface area (Å²) in [6.45, 7) is 8.62. The predicted molar refractivity (Wildman–Crippen MR) is 129 cm³/mol. The van der Waals surface area contributed by atoms with E-state index in [1.54, 1.807) is 58.0 Å². The number of nitrogens with zero attached hydrogens (tertiary/aromatic N) is 1. The highest BCUT2D eigenvalue weighted by molar-refractivity contribution is 5.99. The molecule has 0 saturated heterocycles. The number of benzene rings is 2. The molecule has 3 amide bonds. The van der Waals surface area contributed by atoms with Crippen LogP contribution < -0.4 is 10.6 Å². The fraction of sp³-hybridized carbons (Fsp3) is 0.346. The predicted octanol–water partition coefficient (Wildman–Crippen LogP) is 4.03. The number of hydrogen-bond acceptors (Lipinski definition) is 4. The maximum Gasteiger partial charge on any atom is 0.408 e. The smallest absolute Gasteiger partial charge is 0.408 e. The first kappa shape index (κ1) is 25.5. The topological polar surface area (TPSA) is 87.7 Å². The summed E-state index contributed by atoms with van der Waals surface area (Å²) in [5.74, 6) is 1.69. The van der Waals surface area contributed by atoms with Crippen LogP contribution >= 0.6 is 0 Å². The molecule has 0 bridgehead atoms. The fourth-order valence-corrected chi connectivity index (χ4v) is 3.21. The number of aryl methyl sites for hydroxylation is 1. The molecule has 174 valence electrons. The van der Waals surface area contributed by atoms with E-state index in [0.717, 1.165) is 5.56 Å². The normalized spacial score (nSPS) is 12.6. The number of likely N-dealkylation sites (N-methyl/N-ethyl adjacent to an activating group) is 1. The van der Waals surface area contributed by atoms with Crippen LogP contribution in [-0.2, 0) is 14.3 Å². The largest absolute Gasteiger partial charge is 0.444 e. The van der Waals surface area contributed by atoms with Crippen molar-refractivity contribution in [2.45, 2.75) is 52.3 Å². The molecule has 2 rings (SSSR count). The summed E-state index contributed by atoms with van der Waals surface area (Å²) < 4.78 is 5.23. The van der Waals surface area contributed by atoms with Gasteiger partial charge in [0.2, 0.25) is 5.91 Å². The molecule has 0 aliphatic heterocycles. The Kier molecular flexibility index (Phi) is 8.25. The van der Waals surface area contributed by atoms with Gasteiger partial charge in [0.15, 0.2) is 0 Å². The number of amides is 3. The second-order valence-corrected chi connectivity index (χ2v) is 8.79. The van der Waals surface area contributed by atoms with Crippen LogP contribution in [0.3, 0.4) is 0 Å². The van der Waals surface area contributed by atoms with Crippen LogP contribution in [0.1, 0.15) is 50.4 Å². The molecular weight excluding hydrogens is 418 g/mol. The van der Waals surface area contributed by atoms with E-state index < -0.39 is 35.6 Å². The molecule has 0 spiro atoms. The maximum absolute atomic E-state index is 13.3. The Morgan fingerprint density at radius 2 is 1.67 bits per heavy atom. The number of carbonyl (C=O) groups is 3. The van der Waals surface area contributed by atoms with Crippen LogP contribution in [0.25, 0.3) is 0 Å². The first-order chi connectivity index (χ1) is 15.4. The van der Waals surface area contributed by atoms with Gasteiger partial charge in [-0.25, -0.2) is 4.79 Å². The number of rotatable bonds is 6. The SMILES string of the molecule is C#Cc1ccc(C(C(=O)Nc2ccccc2C)N(C)C(=O)C(C)NC(=O)OC(C)(C)C)cc1. The molecule has 2 unspecified atom stereocenters. The van der Waals surface area contributed by atoms with Crippen LogP contribution in [0, 0.1) is 19.3 Å². The Balaban J connectivity index is 2.30. The average molecular weight is 450 g/mol. The van der Waals surface area contributed by atoms with Gasteiger partial charge in [0, 0.05) is 18.3 Å². The van der Waals surface area contributed by atoms with E-state index in [1.165, 1.54) is 11.9 Å². The molecule has 7 nitrogen and oxygen atoms in total. The molecule has 0 saturated carbocycles. The highest BCUT2D eigenvalue weighted by Crippen LogP contribution is 2.24. The summed E-state index contributed by atoms with van der Waals surface area (Å²) in [6, 6.07) is 12.4. The van der Waals surface area contributed by atoms with Crippen molar-refractivity contribution in [2.24, 2.45) is 0 Å². The van der Waals surface area contributed by atoms with Gasteiger partial charge in [-0.3, -0.25) is 9.59 Å². The van der Waals surface area contributed by atoms with Gasteiger partial charge in [-0.1, -0.05) is 36.3 Å². The first-order valence-corrected chi connectivity index (χ1v) is 10.6. The molecule has 7 heteroatoms. The Morgan fingerprint density at radius 1 is 1.06 bits per heavy atom. The van der Waals surface area contributed by atoms with E-state index in [2.05, 4.69) is 16.6 Å². The molecule has 0 aliphatic rings. The van der Waals surface area contributed by atoms with Gasteiger partial charge in [-0.05, 0) is 63.9 Å². The van der Waals surface area contributed by atoms with E-state index in [0.29, 0.717) is 16.8 Å². The lowest BCUT2D eigenvalue weighted by atomic mass is 10.0. The van der Waals surface area contributed by atoms with Gasteiger partial charge in [-0.2, -0.15) is 0 Å². The summed E-state index contributed by atoms with van der Waals surface area (Å²) in [4.78, 5) is 39.9. The van der Waals surface area contributed by atoms with E-state index in [4.69, 9.17) is 11.2 Å². The van der Waals surface area contributed by atoms with Crippen molar-refractivity contribution in [1.82, 2.24) is 10.2 Å². The van der Waals surface area contributed by atoms with Crippen LogP contribution in [-0.4, -0.2) is 41.5 Å². The summed E-state index contributed by atoms with van der Waals surface area (Å²) in [7, 11) is 1.52. The number of alkyl carbamates (subject to hydrolysis) is 1. The number of terminal acetylenes is 1. The van der Waals surface area contributed by atoms with Crippen molar-refractivity contribution in [3.8, 4) is 12.3 Å². The van der Waals surface area contributed by atoms with Gasteiger partial charge in [0.05, 0.1) is 0 Å². The molecule has 33 heavy (non-hydrogen) atoms. The third-order valence-electron chi connectivity index (χ3n) is 4.88.